The first-order chi connectivity index (χ1) is 7.28. The average Bonchev–Trinajstić information content (AvgIpc) is 2.83. The number of aryl methyl sites for hydroxylation is 1. The number of rotatable bonds is 4. The maximum atomic E-state index is 5.50. The Morgan fingerprint density at radius 1 is 1.47 bits per heavy atom. The Hall–Kier alpha value is -0.800. The second-order valence-corrected chi connectivity index (χ2v) is 4.26. The summed E-state index contributed by atoms with van der Waals surface area (Å²) in [6.07, 6.45) is 3.94. The summed E-state index contributed by atoms with van der Waals surface area (Å²) in [5.41, 5.74) is 0. The van der Waals surface area contributed by atoms with Crippen molar-refractivity contribution in [1.29, 1.82) is 0 Å². The van der Waals surface area contributed by atoms with Gasteiger partial charge in [-0.1, -0.05) is 0 Å². The molecule has 1 aliphatic rings. The first-order valence-electron chi connectivity index (χ1n) is 5.59. The molecule has 0 aliphatic heterocycles. The minimum Gasteiger partial charge on any atom is -0.465 e. The van der Waals surface area contributed by atoms with Gasteiger partial charge in [0.1, 0.15) is 11.5 Å². The molecule has 2 atom stereocenters. The Labute approximate surface area is 90.8 Å². The third-order valence-corrected chi connectivity index (χ3v) is 3.08. The smallest absolute Gasteiger partial charge is 0.117 e. The van der Waals surface area contributed by atoms with E-state index in [4.69, 9.17) is 9.15 Å². The second kappa shape index (κ2) is 4.81. The molecule has 3 heteroatoms. The van der Waals surface area contributed by atoms with E-state index in [0.29, 0.717) is 12.1 Å². The van der Waals surface area contributed by atoms with Gasteiger partial charge in [0.05, 0.1) is 12.6 Å². The van der Waals surface area contributed by atoms with Crippen LogP contribution in [0.4, 0.5) is 0 Å². The largest absolute Gasteiger partial charge is 0.465 e. The summed E-state index contributed by atoms with van der Waals surface area (Å²) in [5.74, 6) is 2.00. The van der Waals surface area contributed by atoms with E-state index in [9.17, 15) is 0 Å². The Kier molecular flexibility index (Phi) is 3.44. The topological polar surface area (TPSA) is 34.4 Å². The number of furan rings is 1. The zero-order valence-corrected chi connectivity index (χ0v) is 9.45. The van der Waals surface area contributed by atoms with Crippen LogP contribution in [-0.2, 0) is 11.3 Å². The van der Waals surface area contributed by atoms with Crippen molar-refractivity contribution >= 4 is 0 Å². The number of methoxy groups -OCH3 is 1. The van der Waals surface area contributed by atoms with Gasteiger partial charge in [0.2, 0.25) is 0 Å². The van der Waals surface area contributed by atoms with Crippen LogP contribution in [0.25, 0.3) is 0 Å². The monoisotopic (exact) mass is 209 g/mol. The predicted octanol–water partition coefficient (Wildman–Crippen LogP) is 2.25. The molecule has 2 unspecified atom stereocenters. The van der Waals surface area contributed by atoms with Crippen molar-refractivity contribution in [2.75, 3.05) is 7.11 Å². The Morgan fingerprint density at radius 2 is 2.33 bits per heavy atom. The first-order valence-corrected chi connectivity index (χ1v) is 5.59. The average molecular weight is 209 g/mol. The van der Waals surface area contributed by atoms with Crippen molar-refractivity contribution in [3.63, 3.8) is 0 Å². The highest BCUT2D eigenvalue weighted by molar-refractivity contribution is 5.05. The van der Waals surface area contributed by atoms with Gasteiger partial charge in [-0.2, -0.15) is 0 Å². The van der Waals surface area contributed by atoms with Gasteiger partial charge in [0, 0.05) is 13.2 Å². The molecule has 15 heavy (non-hydrogen) atoms. The number of hydrogen-bond acceptors (Lipinski definition) is 3. The van der Waals surface area contributed by atoms with Crippen LogP contribution in [0.3, 0.4) is 0 Å². The van der Waals surface area contributed by atoms with Gasteiger partial charge in [0.15, 0.2) is 0 Å². The minimum atomic E-state index is 0.445. The molecule has 3 nitrogen and oxygen atoms in total. The lowest BCUT2D eigenvalue weighted by Crippen LogP contribution is -2.26. The summed E-state index contributed by atoms with van der Waals surface area (Å²) in [7, 11) is 1.79. The standard InChI is InChI=1S/C12H19NO2/c1-9-3-5-12(15-9)8-13-10-4-6-11(7-10)14-2/h3,5,10-11,13H,4,6-8H2,1-2H3. The molecule has 1 fully saturated rings. The Balaban J connectivity index is 1.75. The third-order valence-electron chi connectivity index (χ3n) is 3.08. The minimum absolute atomic E-state index is 0.445. The molecule has 0 saturated heterocycles. The van der Waals surface area contributed by atoms with Crippen LogP contribution in [0.1, 0.15) is 30.8 Å². The lowest BCUT2D eigenvalue weighted by molar-refractivity contribution is 0.107. The fourth-order valence-corrected chi connectivity index (χ4v) is 2.16. The van der Waals surface area contributed by atoms with Crippen molar-refractivity contribution in [1.82, 2.24) is 5.32 Å². The molecule has 1 aromatic heterocycles. The Morgan fingerprint density at radius 3 is 2.93 bits per heavy atom. The molecule has 2 rings (SSSR count). The lowest BCUT2D eigenvalue weighted by atomic mass is 10.2. The second-order valence-electron chi connectivity index (χ2n) is 4.26. The molecule has 1 saturated carbocycles. The maximum Gasteiger partial charge on any atom is 0.117 e. The highest BCUT2D eigenvalue weighted by atomic mass is 16.5. The van der Waals surface area contributed by atoms with Crippen LogP contribution in [0.15, 0.2) is 16.5 Å². The summed E-state index contributed by atoms with van der Waals surface area (Å²) < 4.78 is 10.8. The van der Waals surface area contributed by atoms with Gasteiger partial charge < -0.3 is 14.5 Å². The van der Waals surface area contributed by atoms with Crippen LogP contribution in [0, 0.1) is 6.92 Å². The van der Waals surface area contributed by atoms with E-state index in [0.717, 1.165) is 24.5 Å². The number of hydrogen-bond donors (Lipinski definition) is 1. The highest BCUT2D eigenvalue weighted by Crippen LogP contribution is 2.21. The predicted molar refractivity (Wildman–Crippen MR) is 58.7 cm³/mol. The number of ether oxygens (including phenoxy) is 1. The van der Waals surface area contributed by atoms with Crippen molar-refractivity contribution in [2.45, 2.75) is 44.9 Å². The van der Waals surface area contributed by atoms with Gasteiger partial charge in [-0.15, -0.1) is 0 Å². The van der Waals surface area contributed by atoms with Gasteiger partial charge in [-0.05, 0) is 38.3 Å². The highest BCUT2D eigenvalue weighted by Gasteiger charge is 2.23. The summed E-state index contributed by atoms with van der Waals surface area (Å²) in [4.78, 5) is 0. The maximum absolute atomic E-state index is 5.50. The van der Waals surface area contributed by atoms with E-state index < -0.39 is 0 Å². The van der Waals surface area contributed by atoms with Gasteiger partial charge in [-0.3, -0.25) is 0 Å². The van der Waals surface area contributed by atoms with Crippen LogP contribution < -0.4 is 5.32 Å². The SMILES string of the molecule is COC1CCC(NCc2ccc(C)o2)C1. The summed E-state index contributed by atoms with van der Waals surface area (Å²) in [5, 5.41) is 3.50. The molecule has 0 amide bonds. The molecular formula is C12H19NO2. The first kappa shape index (κ1) is 10.7. The zero-order chi connectivity index (χ0) is 10.7. The molecule has 0 radical (unpaired) electrons. The molecule has 1 N–H and O–H groups in total. The zero-order valence-electron chi connectivity index (χ0n) is 9.45. The lowest BCUT2D eigenvalue weighted by Gasteiger charge is -2.11. The van der Waals surface area contributed by atoms with Gasteiger partial charge in [-0.25, -0.2) is 0 Å². The van der Waals surface area contributed by atoms with E-state index in [2.05, 4.69) is 5.32 Å². The summed E-state index contributed by atoms with van der Waals surface area (Å²) in [6, 6.07) is 4.62. The van der Waals surface area contributed by atoms with E-state index in [-0.39, 0.29) is 0 Å². The molecule has 1 aliphatic carbocycles. The fraction of sp³-hybridized carbons (Fsp3) is 0.667. The van der Waals surface area contributed by atoms with Crippen LogP contribution in [-0.4, -0.2) is 19.3 Å². The molecular weight excluding hydrogens is 190 g/mol. The molecule has 0 aromatic carbocycles. The van der Waals surface area contributed by atoms with Crippen molar-refractivity contribution < 1.29 is 9.15 Å². The van der Waals surface area contributed by atoms with Crippen LogP contribution >= 0.6 is 0 Å². The fourth-order valence-electron chi connectivity index (χ4n) is 2.16. The Bertz CT molecular complexity index is 308. The van der Waals surface area contributed by atoms with Gasteiger partial charge in [0.25, 0.3) is 0 Å². The molecule has 1 aromatic rings. The van der Waals surface area contributed by atoms with Crippen molar-refractivity contribution in [3.05, 3.63) is 23.7 Å². The van der Waals surface area contributed by atoms with Crippen molar-refractivity contribution in [2.24, 2.45) is 0 Å². The third kappa shape index (κ3) is 2.83. The summed E-state index contributed by atoms with van der Waals surface area (Å²) in [6.45, 7) is 2.80. The molecule has 1 heterocycles. The molecule has 84 valence electrons. The van der Waals surface area contributed by atoms with E-state index >= 15 is 0 Å². The normalized spacial score (nSPS) is 26.0. The van der Waals surface area contributed by atoms with Crippen LogP contribution in [0.5, 0.6) is 0 Å². The van der Waals surface area contributed by atoms with Gasteiger partial charge >= 0.3 is 0 Å². The van der Waals surface area contributed by atoms with E-state index in [1.54, 1.807) is 7.11 Å². The molecule has 0 bridgehead atoms. The summed E-state index contributed by atoms with van der Waals surface area (Å²) >= 11 is 0. The molecule has 0 spiro atoms. The van der Waals surface area contributed by atoms with E-state index in [1.807, 2.05) is 19.1 Å². The van der Waals surface area contributed by atoms with E-state index in [1.165, 1.54) is 12.8 Å². The van der Waals surface area contributed by atoms with Crippen molar-refractivity contribution in [3.8, 4) is 0 Å². The van der Waals surface area contributed by atoms with Crippen LogP contribution in [0.2, 0.25) is 0 Å². The number of nitrogens with one attached hydrogen (secondary N) is 1. The quantitative estimate of drug-likeness (QED) is 0.826.